The van der Waals surface area contributed by atoms with Crippen LogP contribution in [0.5, 0.6) is 5.75 Å². The molecule has 30 heavy (non-hydrogen) atoms. The summed E-state index contributed by atoms with van der Waals surface area (Å²) in [5.41, 5.74) is 4.67. The minimum atomic E-state index is -0.946. The van der Waals surface area contributed by atoms with E-state index in [4.69, 9.17) is 4.74 Å². The van der Waals surface area contributed by atoms with Crippen LogP contribution in [0.3, 0.4) is 0 Å². The van der Waals surface area contributed by atoms with Crippen LogP contribution in [-0.2, 0) is 12.8 Å². The molecule has 0 amide bonds. The molecule has 0 spiro atoms. The molecule has 1 atom stereocenters. The maximum absolute atomic E-state index is 11.4. The number of aromatic nitrogens is 1. The predicted octanol–water partition coefficient (Wildman–Crippen LogP) is 4.93. The number of hydrogen-bond donors (Lipinski definition) is 2. The summed E-state index contributed by atoms with van der Waals surface area (Å²) in [5, 5.41) is 12.7. The van der Waals surface area contributed by atoms with Crippen molar-refractivity contribution in [1.29, 1.82) is 0 Å². The van der Waals surface area contributed by atoms with E-state index in [2.05, 4.69) is 52.8 Å². The molecule has 5 nitrogen and oxygen atoms in total. The van der Waals surface area contributed by atoms with Gasteiger partial charge in [0.15, 0.2) is 0 Å². The average Bonchev–Trinajstić information content (AvgIpc) is 2.78. The largest absolute Gasteiger partial charge is 0.493 e. The zero-order valence-electron chi connectivity index (χ0n) is 16.9. The molecule has 1 unspecified atom stereocenters. The van der Waals surface area contributed by atoms with Gasteiger partial charge in [0, 0.05) is 25.1 Å². The van der Waals surface area contributed by atoms with Crippen LogP contribution in [0.2, 0.25) is 0 Å². The predicted molar refractivity (Wildman–Crippen MR) is 117 cm³/mol. The number of nitrogens with one attached hydrogen (secondary N) is 1. The van der Waals surface area contributed by atoms with Gasteiger partial charge in [0.1, 0.15) is 5.75 Å². The van der Waals surface area contributed by atoms with Gasteiger partial charge in [0.25, 0.3) is 0 Å². The van der Waals surface area contributed by atoms with Crippen molar-refractivity contribution < 1.29 is 14.6 Å². The molecule has 3 aromatic rings. The monoisotopic (exact) mass is 402 g/mol. The number of carbonyl (C=O) groups is 1. The molecule has 2 aromatic carbocycles. The van der Waals surface area contributed by atoms with Crippen LogP contribution in [-0.4, -0.2) is 29.2 Å². The number of benzene rings is 2. The Hall–Kier alpha value is -3.34. The summed E-state index contributed by atoms with van der Waals surface area (Å²) in [7, 11) is 0. The van der Waals surface area contributed by atoms with Gasteiger partial charge in [-0.15, -0.1) is 0 Å². The van der Waals surface area contributed by atoms with Crippen molar-refractivity contribution in [2.24, 2.45) is 0 Å². The third kappa shape index (κ3) is 4.62. The van der Waals surface area contributed by atoms with Gasteiger partial charge in [0.2, 0.25) is 0 Å². The summed E-state index contributed by atoms with van der Waals surface area (Å²) in [4.78, 5) is 15.5. The highest BCUT2D eigenvalue weighted by Gasteiger charge is 2.23. The van der Waals surface area contributed by atoms with Gasteiger partial charge < -0.3 is 15.2 Å². The Bertz CT molecular complexity index is 1000. The first-order valence-corrected chi connectivity index (χ1v) is 10.4. The molecule has 1 aliphatic rings. The SMILES string of the molecule is O=C(O)c1ccncc1NCC1CCCc2c(OCCc3ccccc3)cccc21. The van der Waals surface area contributed by atoms with E-state index in [-0.39, 0.29) is 5.56 Å². The highest BCUT2D eigenvalue weighted by Crippen LogP contribution is 2.37. The standard InChI is InChI=1S/C25H26N2O3/c28-25(29)22-12-14-26-17-23(22)27-16-19-8-4-10-21-20(19)9-5-11-24(21)30-15-13-18-6-2-1-3-7-18/h1-3,5-7,9,11-12,14,17,19,27H,4,8,10,13,15-16H2,(H,28,29). The van der Waals surface area contributed by atoms with E-state index in [0.717, 1.165) is 31.4 Å². The van der Waals surface area contributed by atoms with E-state index in [1.807, 2.05) is 6.07 Å². The molecule has 0 saturated carbocycles. The molecule has 0 radical (unpaired) electrons. The Kier molecular flexibility index (Phi) is 6.28. The summed E-state index contributed by atoms with van der Waals surface area (Å²) in [6.07, 6.45) is 7.14. The highest BCUT2D eigenvalue weighted by atomic mass is 16.5. The molecule has 1 aromatic heterocycles. The summed E-state index contributed by atoms with van der Waals surface area (Å²) >= 11 is 0. The summed E-state index contributed by atoms with van der Waals surface area (Å²) in [6.45, 7) is 1.33. The van der Waals surface area contributed by atoms with E-state index in [0.29, 0.717) is 24.8 Å². The number of ether oxygens (including phenoxy) is 1. The Balaban J connectivity index is 1.44. The van der Waals surface area contributed by atoms with Crippen molar-refractivity contribution >= 4 is 11.7 Å². The Morgan fingerprint density at radius 1 is 1.13 bits per heavy atom. The number of nitrogens with zero attached hydrogens (tertiary/aromatic N) is 1. The molecule has 5 heteroatoms. The van der Waals surface area contributed by atoms with Crippen molar-refractivity contribution in [2.45, 2.75) is 31.6 Å². The average molecular weight is 402 g/mol. The van der Waals surface area contributed by atoms with Crippen molar-refractivity contribution in [3.8, 4) is 5.75 Å². The zero-order valence-corrected chi connectivity index (χ0v) is 16.9. The van der Waals surface area contributed by atoms with Crippen LogP contribution in [0.1, 0.15) is 45.8 Å². The van der Waals surface area contributed by atoms with E-state index in [1.165, 1.54) is 29.0 Å². The van der Waals surface area contributed by atoms with Gasteiger partial charge >= 0.3 is 5.97 Å². The fourth-order valence-corrected chi connectivity index (χ4v) is 4.14. The summed E-state index contributed by atoms with van der Waals surface area (Å²) in [5.74, 6) is 0.340. The lowest BCUT2D eigenvalue weighted by Gasteiger charge is -2.28. The van der Waals surface area contributed by atoms with Gasteiger partial charge in [-0.05, 0) is 48.1 Å². The second-order valence-corrected chi connectivity index (χ2v) is 7.60. The minimum absolute atomic E-state index is 0.249. The third-order valence-electron chi connectivity index (χ3n) is 5.67. The quantitative estimate of drug-likeness (QED) is 0.559. The molecule has 0 saturated heterocycles. The molecule has 0 bridgehead atoms. The number of rotatable bonds is 8. The highest BCUT2D eigenvalue weighted by molar-refractivity contribution is 5.93. The molecule has 0 aliphatic heterocycles. The van der Waals surface area contributed by atoms with E-state index < -0.39 is 5.97 Å². The molecule has 4 rings (SSSR count). The van der Waals surface area contributed by atoms with E-state index in [1.54, 1.807) is 6.20 Å². The van der Waals surface area contributed by atoms with Gasteiger partial charge in [0.05, 0.1) is 24.1 Å². The third-order valence-corrected chi connectivity index (χ3v) is 5.67. The number of hydrogen-bond acceptors (Lipinski definition) is 4. The Labute approximate surface area is 176 Å². The lowest BCUT2D eigenvalue weighted by Crippen LogP contribution is -2.20. The molecule has 2 N–H and O–H groups in total. The molecule has 0 fully saturated rings. The van der Waals surface area contributed by atoms with Crippen molar-refractivity contribution in [2.75, 3.05) is 18.5 Å². The first-order valence-electron chi connectivity index (χ1n) is 10.4. The van der Waals surface area contributed by atoms with Crippen LogP contribution >= 0.6 is 0 Å². The van der Waals surface area contributed by atoms with Crippen LogP contribution in [0, 0.1) is 0 Å². The van der Waals surface area contributed by atoms with Gasteiger partial charge in [-0.25, -0.2) is 4.79 Å². The maximum atomic E-state index is 11.4. The lowest BCUT2D eigenvalue weighted by molar-refractivity contribution is 0.0697. The van der Waals surface area contributed by atoms with Crippen LogP contribution < -0.4 is 10.1 Å². The van der Waals surface area contributed by atoms with Gasteiger partial charge in [-0.1, -0.05) is 42.5 Å². The van der Waals surface area contributed by atoms with E-state index >= 15 is 0 Å². The number of carboxylic acids is 1. The van der Waals surface area contributed by atoms with E-state index in [9.17, 15) is 9.90 Å². The second-order valence-electron chi connectivity index (χ2n) is 7.60. The van der Waals surface area contributed by atoms with Crippen LogP contribution in [0.4, 0.5) is 5.69 Å². The Morgan fingerprint density at radius 2 is 2.00 bits per heavy atom. The van der Waals surface area contributed by atoms with Crippen molar-refractivity contribution in [3.63, 3.8) is 0 Å². The topological polar surface area (TPSA) is 71.5 Å². The van der Waals surface area contributed by atoms with Gasteiger partial charge in [-0.3, -0.25) is 4.98 Å². The zero-order chi connectivity index (χ0) is 20.8. The number of fused-ring (bicyclic) bond motifs is 1. The van der Waals surface area contributed by atoms with Crippen LogP contribution in [0.25, 0.3) is 0 Å². The number of aromatic carboxylic acids is 1. The van der Waals surface area contributed by atoms with Crippen LogP contribution in [0.15, 0.2) is 67.0 Å². The Morgan fingerprint density at radius 3 is 2.83 bits per heavy atom. The molecule has 1 aliphatic carbocycles. The minimum Gasteiger partial charge on any atom is -0.493 e. The van der Waals surface area contributed by atoms with Crippen molar-refractivity contribution in [1.82, 2.24) is 4.98 Å². The summed E-state index contributed by atoms with van der Waals surface area (Å²) < 4.78 is 6.16. The smallest absolute Gasteiger partial charge is 0.337 e. The number of pyridine rings is 1. The lowest BCUT2D eigenvalue weighted by atomic mass is 9.82. The molecule has 154 valence electrons. The fraction of sp³-hybridized carbons (Fsp3) is 0.280. The first kappa shape index (κ1) is 20.0. The first-order chi connectivity index (χ1) is 14.7. The second kappa shape index (κ2) is 9.44. The van der Waals surface area contributed by atoms with Crippen molar-refractivity contribution in [3.05, 3.63) is 89.2 Å². The fourth-order valence-electron chi connectivity index (χ4n) is 4.14. The normalized spacial score (nSPS) is 15.3. The maximum Gasteiger partial charge on any atom is 0.337 e. The number of carboxylic acid groups (broad SMARTS) is 1. The van der Waals surface area contributed by atoms with Gasteiger partial charge in [-0.2, -0.15) is 0 Å². The molecular formula is C25H26N2O3. The molecule has 1 heterocycles. The number of anilines is 1. The molecular weight excluding hydrogens is 376 g/mol. The summed E-state index contributed by atoms with van der Waals surface area (Å²) in [6, 6.07) is 18.2.